The van der Waals surface area contributed by atoms with Gasteiger partial charge in [-0.2, -0.15) is 0 Å². The summed E-state index contributed by atoms with van der Waals surface area (Å²) in [5, 5.41) is 2.72. The van der Waals surface area contributed by atoms with Crippen molar-refractivity contribution in [3.63, 3.8) is 0 Å². The number of fused-ring (bicyclic) bond motifs is 1. The number of carbonyl (C=O) groups excluding carboxylic acids is 2. The molecule has 0 radical (unpaired) electrons. The molecule has 0 N–H and O–H groups in total. The molecule has 2 aromatic rings. The van der Waals surface area contributed by atoms with Crippen LogP contribution in [-0.2, 0) is 20.7 Å². The van der Waals surface area contributed by atoms with E-state index >= 15 is 0 Å². The Hall–Kier alpha value is -2.09. The molecule has 3 heterocycles. The lowest BCUT2D eigenvalue weighted by Gasteiger charge is -2.37. The van der Waals surface area contributed by atoms with Gasteiger partial charge in [-0.05, 0) is 60.5 Å². The molecule has 1 fully saturated rings. The molecule has 4 rings (SSSR count). The third-order valence-corrected chi connectivity index (χ3v) is 7.46. The predicted molar refractivity (Wildman–Crippen MR) is 130 cm³/mol. The Morgan fingerprint density at radius 1 is 1.27 bits per heavy atom. The molecule has 178 valence electrons. The highest BCUT2D eigenvalue weighted by molar-refractivity contribution is 7.10. The zero-order chi connectivity index (χ0) is 23.4. The zero-order valence-electron chi connectivity index (χ0n) is 19.2. The van der Waals surface area contributed by atoms with Gasteiger partial charge in [0.05, 0.1) is 18.7 Å². The van der Waals surface area contributed by atoms with Gasteiger partial charge in [0, 0.05) is 35.5 Å². The van der Waals surface area contributed by atoms with E-state index in [1.165, 1.54) is 4.88 Å². The van der Waals surface area contributed by atoms with Crippen LogP contribution in [0.2, 0.25) is 5.02 Å². The number of amides is 2. The van der Waals surface area contributed by atoms with E-state index in [9.17, 15) is 9.59 Å². The van der Waals surface area contributed by atoms with E-state index in [1.807, 2.05) is 30.9 Å². The van der Waals surface area contributed by atoms with E-state index < -0.39 is 0 Å². The second kappa shape index (κ2) is 10.9. The van der Waals surface area contributed by atoms with Crippen LogP contribution in [0.15, 0.2) is 35.7 Å². The maximum atomic E-state index is 13.5. The molecule has 2 aliphatic rings. The van der Waals surface area contributed by atoms with Crippen LogP contribution in [0.1, 0.15) is 43.2 Å². The van der Waals surface area contributed by atoms with E-state index in [0.717, 1.165) is 31.4 Å². The second-order valence-corrected chi connectivity index (χ2v) is 10.4. The molecule has 6 nitrogen and oxygen atoms in total. The molecule has 2 amide bonds. The zero-order valence-corrected chi connectivity index (χ0v) is 20.7. The summed E-state index contributed by atoms with van der Waals surface area (Å²) in [5.74, 6) is 0.474. The highest BCUT2D eigenvalue weighted by Crippen LogP contribution is 2.34. The van der Waals surface area contributed by atoms with Crippen LogP contribution in [0.25, 0.3) is 0 Å². The Bertz CT molecular complexity index is 956. The highest BCUT2D eigenvalue weighted by Gasteiger charge is 2.34. The van der Waals surface area contributed by atoms with Gasteiger partial charge in [0.25, 0.3) is 0 Å². The van der Waals surface area contributed by atoms with Crippen molar-refractivity contribution in [2.75, 3.05) is 32.8 Å². The first kappa shape index (κ1) is 24.0. The van der Waals surface area contributed by atoms with Gasteiger partial charge < -0.3 is 19.3 Å². The first-order chi connectivity index (χ1) is 15.9. The van der Waals surface area contributed by atoms with Gasteiger partial charge in [0.1, 0.15) is 12.4 Å². The molecule has 2 atom stereocenters. The molecule has 8 heteroatoms. The second-order valence-electron chi connectivity index (χ2n) is 8.93. The van der Waals surface area contributed by atoms with Crippen molar-refractivity contribution in [2.24, 2.45) is 5.92 Å². The minimum atomic E-state index is -0.193. The number of rotatable bonds is 8. The standard InChI is InChI=1S/C25H31ClN2O4S/c1-17(2)25(30)27(14-20-4-3-12-31-20)15-24(29)28-11-9-23-21(10-13-33-23)22(28)16-32-19-7-5-18(26)6-8-19/h5-8,10,13,17,20,22H,3-4,9,11-12,14-16H2,1-2H3/t20-,22-/m1/s1. The van der Waals surface area contributed by atoms with Gasteiger partial charge in [-0.15, -0.1) is 11.3 Å². The average Bonchev–Trinajstić information content (AvgIpc) is 3.49. The van der Waals surface area contributed by atoms with Crippen molar-refractivity contribution in [1.82, 2.24) is 9.80 Å². The van der Waals surface area contributed by atoms with E-state index in [4.69, 9.17) is 21.1 Å². The summed E-state index contributed by atoms with van der Waals surface area (Å²) in [6.45, 7) is 5.96. The lowest BCUT2D eigenvalue weighted by Crippen LogP contribution is -2.50. The number of benzene rings is 1. The molecule has 0 saturated carbocycles. The average molecular weight is 491 g/mol. The van der Waals surface area contributed by atoms with Crippen molar-refractivity contribution in [3.8, 4) is 5.75 Å². The van der Waals surface area contributed by atoms with E-state index in [2.05, 4.69) is 11.4 Å². The Kier molecular flexibility index (Phi) is 7.94. The van der Waals surface area contributed by atoms with Crippen LogP contribution in [0.4, 0.5) is 0 Å². The Morgan fingerprint density at radius 3 is 2.76 bits per heavy atom. The SMILES string of the molecule is CC(C)C(=O)N(CC(=O)N1CCc2sccc2[C@H]1COc1ccc(Cl)cc1)C[C@H]1CCCO1. The van der Waals surface area contributed by atoms with E-state index in [-0.39, 0.29) is 36.4 Å². The summed E-state index contributed by atoms with van der Waals surface area (Å²) in [5.41, 5.74) is 1.13. The Morgan fingerprint density at radius 2 is 2.06 bits per heavy atom. The van der Waals surface area contributed by atoms with Gasteiger partial charge in [0.2, 0.25) is 11.8 Å². The third kappa shape index (κ3) is 5.89. The van der Waals surface area contributed by atoms with Gasteiger partial charge in [-0.3, -0.25) is 9.59 Å². The topological polar surface area (TPSA) is 59.1 Å². The fourth-order valence-electron chi connectivity index (χ4n) is 4.47. The summed E-state index contributed by atoms with van der Waals surface area (Å²) in [6, 6.07) is 9.13. The van der Waals surface area contributed by atoms with Crippen LogP contribution in [0.5, 0.6) is 5.75 Å². The van der Waals surface area contributed by atoms with Gasteiger partial charge in [0.15, 0.2) is 0 Å². The van der Waals surface area contributed by atoms with Crippen molar-refractivity contribution in [2.45, 2.75) is 45.3 Å². The molecule has 1 saturated heterocycles. The lowest BCUT2D eigenvalue weighted by molar-refractivity contribution is -0.145. The molecule has 1 aromatic carbocycles. The minimum Gasteiger partial charge on any atom is -0.491 e. The number of thiophene rings is 1. The van der Waals surface area contributed by atoms with Crippen LogP contribution >= 0.6 is 22.9 Å². The van der Waals surface area contributed by atoms with Crippen molar-refractivity contribution in [1.29, 1.82) is 0 Å². The molecule has 0 aliphatic carbocycles. The van der Waals surface area contributed by atoms with Gasteiger partial charge in [-0.1, -0.05) is 25.4 Å². The first-order valence-electron chi connectivity index (χ1n) is 11.6. The number of nitrogens with zero attached hydrogens (tertiary/aromatic N) is 2. The number of carbonyl (C=O) groups is 2. The lowest BCUT2D eigenvalue weighted by atomic mass is 10.00. The van der Waals surface area contributed by atoms with Gasteiger partial charge in [-0.25, -0.2) is 0 Å². The molecular formula is C25H31ClN2O4S. The first-order valence-corrected chi connectivity index (χ1v) is 12.8. The molecule has 33 heavy (non-hydrogen) atoms. The van der Waals surface area contributed by atoms with Crippen LogP contribution in [-0.4, -0.2) is 60.6 Å². The maximum Gasteiger partial charge on any atom is 0.242 e. The molecule has 0 bridgehead atoms. The predicted octanol–water partition coefficient (Wildman–Crippen LogP) is 4.57. The van der Waals surface area contributed by atoms with Crippen molar-refractivity contribution >= 4 is 34.8 Å². The monoisotopic (exact) mass is 490 g/mol. The summed E-state index contributed by atoms with van der Waals surface area (Å²) in [4.78, 5) is 31.3. The number of halogens is 1. The fraction of sp³-hybridized carbons (Fsp3) is 0.520. The molecule has 1 aromatic heterocycles. The molecule has 2 aliphatic heterocycles. The fourth-order valence-corrected chi connectivity index (χ4v) is 5.52. The Labute approximate surface area is 204 Å². The number of ether oxygens (including phenoxy) is 2. The van der Waals surface area contributed by atoms with Crippen LogP contribution in [0, 0.1) is 5.92 Å². The summed E-state index contributed by atoms with van der Waals surface area (Å²) >= 11 is 7.70. The quantitative estimate of drug-likeness (QED) is 0.544. The molecule has 0 spiro atoms. The normalized spacial score (nSPS) is 20.1. The minimum absolute atomic E-state index is 0.00867. The molecule has 0 unspecified atom stereocenters. The molecular weight excluding hydrogens is 460 g/mol. The van der Waals surface area contributed by atoms with Gasteiger partial charge >= 0.3 is 0 Å². The summed E-state index contributed by atoms with van der Waals surface area (Å²) in [6.07, 6.45) is 2.75. The Balaban J connectivity index is 1.49. The van der Waals surface area contributed by atoms with Crippen molar-refractivity contribution < 1.29 is 19.1 Å². The number of hydrogen-bond donors (Lipinski definition) is 0. The highest BCUT2D eigenvalue weighted by atomic mass is 35.5. The largest absolute Gasteiger partial charge is 0.491 e. The van der Waals surface area contributed by atoms with Crippen molar-refractivity contribution in [3.05, 3.63) is 51.2 Å². The van der Waals surface area contributed by atoms with Crippen LogP contribution < -0.4 is 4.74 Å². The third-order valence-electron chi connectivity index (χ3n) is 6.22. The van der Waals surface area contributed by atoms with E-state index in [0.29, 0.717) is 30.5 Å². The number of hydrogen-bond acceptors (Lipinski definition) is 5. The van der Waals surface area contributed by atoms with Crippen LogP contribution in [0.3, 0.4) is 0 Å². The maximum absolute atomic E-state index is 13.5. The van der Waals surface area contributed by atoms with E-state index in [1.54, 1.807) is 28.4 Å². The smallest absolute Gasteiger partial charge is 0.242 e. The summed E-state index contributed by atoms with van der Waals surface area (Å²) in [7, 11) is 0. The summed E-state index contributed by atoms with van der Waals surface area (Å²) < 4.78 is 11.8.